The topological polar surface area (TPSA) is 58.6 Å². The van der Waals surface area contributed by atoms with Gasteiger partial charge in [0.15, 0.2) is 0 Å². The van der Waals surface area contributed by atoms with Crippen LogP contribution >= 0.6 is 0 Å². The number of carbonyl (C=O) groups is 1. The van der Waals surface area contributed by atoms with Gasteiger partial charge in [-0.2, -0.15) is 0 Å². The molecule has 0 saturated heterocycles. The van der Waals surface area contributed by atoms with Crippen molar-refractivity contribution >= 4 is 6.09 Å². The second-order valence-corrected chi connectivity index (χ2v) is 7.85. The molecule has 2 N–H and O–H groups in total. The fourth-order valence-electron chi connectivity index (χ4n) is 3.09. The second-order valence-electron chi connectivity index (χ2n) is 7.85. The van der Waals surface area contributed by atoms with Gasteiger partial charge in [-0.05, 0) is 63.1 Å². The van der Waals surface area contributed by atoms with Gasteiger partial charge >= 0.3 is 6.09 Å². The highest BCUT2D eigenvalue weighted by Crippen LogP contribution is 2.15. The molecule has 0 heterocycles. The number of hydrogen-bond acceptors (Lipinski definition) is 3. The third-order valence-corrected chi connectivity index (χ3v) is 4.33. The Labute approximate surface area is 162 Å². The maximum absolute atomic E-state index is 12.2. The van der Waals surface area contributed by atoms with Crippen molar-refractivity contribution in [3.63, 3.8) is 0 Å². The number of amides is 1. The number of aliphatic hydroxyl groups is 1. The van der Waals surface area contributed by atoms with Crippen LogP contribution in [0, 0.1) is 0 Å². The molecule has 4 heteroatoms. The fourth-order valence-corrected chi connectivity index (χ4v) is 3.09. The van der Waals surface area contributed by atoms with Crippen LogP contribution in [0.25, 0.3) is 0 Å². The first kappa shape index (κ1) is 21.0. The highest BCUT2D eigenvalue weighted by atomic mass is 16.6. The number of rotatable bonds is 8. The molecule has 4 nitrogen and oxygen atoms in total. The predicted octanol–water partition coefficient (Wildman–Crippen LogP) is 4.64. The number of benzene rings is 2. The minimum absolute atomic E-state index is 0.00328. The lowest BCUT2D eigenvalue weighted by atomic mass is 9.97. The van der Waals surface area contributed by atoms with Gasteiger partial charge in [-0.25, -0.2) is 4.79 Å². The van der Waals surface area contributed by atoms with Crippen molar-refractivity contribution in [3.8, 4) is 0 Å². The van der Waals surface area contributed by atoms with Crippen molar-refractivity contribution in [1.82, 2.24) is 5.32 Å². The van der Waals surface area contributed by atoms with Gasteiger partial charge in [0.1, 0.15) is 5.60 Å². The van der Waals surface area contributed by atoms with Crippen LogP contribution in [0.2, 0.25) is 0 Å². The Hall–Kier alpha value is -2.33. The van der Waals surface area contributed by atoms with Crippen LogP contribution in [0.3, 0.4) is 0 Å². The average molecular weight is 370 g/mol. The van der Waals surface area contributed by atoms with Crippen LogP contribution in [0.4, 0.5) is 4.79 Å². The number of alkyl carbamates (subject to hydrolysis) is 1. The van der Waals surface area contributed by atoms with Crippen LogP contribution < -0.4 is 5.32 Å². The molecule has 0 saturated carbocycles. The molecule has 1 atom stereocenters. The summed E-state index contributed by atoms with van der Waals surface area (Å²) in [7, 11) is 0. The molecule has 2 aromatic carbocycles. The number of hydrogen-bond donors (Lipinski definition) is 2. The Kier molecular flexibility index (Phi) is 7.86. The van der Waals surface area contributed by atoms with Crippen LogP contribution in [0.1, 0.15) is 50.3 Å². The summed E-state index contributed by atoms with van der Waals surface area (Å²) < 4.78 is 5.42. The molecule has 1 unspecified atom stereocenters. The standard InChI is InChI=1S/C23H31NO3/c1-23(2,3)27-22(26)24-21(16-18-10-5-4-6-11-18)15-9-14-19-12-7-8-13-20(19)17-25/h4-8,10-13,21,25H,9,14-17H2,1-3H3,(H,24,26). The summed E-state index contributed by atoms with van der Waals surface area (Å²) in [4.78, 5) is 12.2. The molecular formula is C23H31NO3. The summed E-state index contributed by atoms with van der Waals surface area (Å²) in [6.45, 7) is 5.65. The third kappa shape index (κ3) is 7.83. The summed E-state index contributed by atoms with van der Waals surface area (Å²) in [5.74, 6) is 0. The van der Waals surface area contributed by atoms with Crippen LogP contribution in [-0.4, -0.2) is 22.8 Å². The van der Waals surface area contributed by atoms with Crippen LogP contribution in [-0.2, 0) is 24.2 Å². The van der Waals surface area contributed by atoms with Gasteiger partial charge in [0.2, 0.25) is 0 Å². The van der Waals surface area contributed by atoms with E-state index < -0.39 is 5.60 Å². The summed E-state index contributed by atoms with van der Waals surface area (Å²) in [5.41, 5.74) is 2.81. The van der Waals surface area contributed by atoms with E-state index in [1.165, 1.54) is 5.56 Å². The van der Waals surface area contributed by atoms with Crippen molar-refractivity contribution in [2.75, 3.05) is 0 Å². The molecule has 2 rings (SSSR count). The van der Waals surface area contributed by atoms with Crippen molar-refractivity contribution in [2.24, 2.45) is 0 Å². The molecule has 146 valence electrons. The molecule has 0 fully saturated rings. The molecule has 0 aliphatic carbocycles. The molecule has 1 amide bonds. The highest BCUT2D eigenvalue weighted by Gasteiger charge is 2.19. The van der Waals surface area contributed by atoms with E-state index in [4.69, 9.17) is 4.74 Å². The quantitative estimate of drug-likeness (QED) is 0.713. The van der Waals surface area contributed by atoms with Crippen molar-refractivity contribution in [1.29, 1.82) is 0 Å². The van der Waals surface area contributed by atoms with E-state index in [1.54, 1.807) is 0 Å². The molecule has 0 aliphatic heterocycles. The zero-order valence-corrected chi connectivity index (χ0v) is 16.6. The van der Waals surface area contributed by atoms with Gasteiger partial charge < -0.3 is 15.2 Å². The third-order valence-electron chi connectivity index (χ3n) is 4.33. The molecule has 0 aromatic heterocycles. The largest absolute Gasteiger partial charge is 0.444 e. The summed E-state index contributed by atoms with van der Waals surface area (Å²) in [6, 6.07) is 18.1. The summed E-state index contributed by atoms with van der Waals surface area (Å²) >= 11 is 0. The SMILES string of the molecule is CC(C)(C)OC(=O)NC(CCCc1ccccc1CO)Cc1ccccc1. The predicted molar refractivity (Wildman–Crippen MR) is 109 cm³/mol. The Morgan fingerprint density at radius 2 is 1.67 bits per heavy atom. The maximum Gasteiger partial charge on any atom is 0.407 e. The summed E-state index contributed by atoms with van der Waals surface area (Å²) in [6.07, 6.45) is 3.03. The number of aryl methyl sites for hydroxylation is 1. The normalized spacial score (nSPS) is 12.4. The molecule has 0 spiro atoms. The number of nitrogens with one attached hydrogen (secondary N) is 1. The number of ether oxygens (including phenoxy) is 1. The van der Waals surface area contributed by atoms with E-state index in [0.717, 1.165) is 36.8 Å². The van der Waals surface area contributed by atoms with Crippen LogP contribution in [0.5, 0.6) is 0 Å². The maximum atomic E-state index is 12.2. The van der Waals surface area contributed by atoms with Gasteiger partial charge in [-0.3, -0.25) is 0 Å². The second kappa shape index (κ2) is 10.1. The van der Waals surface area contributed by atoms with Crippen molar-refractivity contribution < 1.29 is 14.6 Å². The van der Waals surface area contributed by atoms with Gasteiger partial charge in [0, 0.05) is 6.04 Å². The lowest BCUT2D eigenvalue weighted by Gasteiger charge is -2.24. The minimum Gasteiger partial charge on any atom is -0.444 e. The smallest absolute Gasteiger partial charge is 0.407 e. The average Bonchev–Trinajstić information content (AvgIpc) is 2.61. The van der Waals surface area contributed by atoms with Gasteiger partial charge in [0.25, 0.3) is 0 Å². The van der Waals surface area contributed by atoms with Crippen LogP contribution in [0.15, 0.2) is 54.6 Å². The Morgan fingerprint density at radius 3 is 2.30 bits per heavy atom. The molecule has 27 heavy (non-hydrogen) atoms. The first-order valence-electron chi connectivity index (χ1n) is 9.58. The summed E-state index contributed by atoms with van der Waals surface area (Å²) in [5, 5.41) is 12.5. The minimum atomic E-state index is -0.512. The molecule has 2 aromatic rings. The van der Waals surface area contributed by atoms with Gasteiger partial charge in [0.05, 0.1) is 6.61 Å². The molecule has 0 aliphatic rings. The van der Waals surface area contributed by atoms with Gasteiger partial charge in [-0.1, -0.05) is 54.6 Å². The molecule has 0 radical (unpaired) electrons. The van der Waals surface area contributed by atoms with E-state index in [9.17, 15) is 9.90 Å². The zero-order valence-electron chi connectivity index (χ0n) is 16.6. The Bertz CT molecular complexity index is 707. The monoisotopic (exact) mass is 369 g/mol. The lowest BCUT2D eigenvalue weighted by Crippen LogP contribution is -2.40. The highest BCUT2D eigenvalue weighted by molar-refractivity contribution is 5.68. The van der Waals surface area contributed by atoms with Crippen molar-refractivity contribution in [2.45, 2.75) is 64.7 Å². The van der Waals surface area contributed by atoms with E-state index in [0.29, 0.717) is 0 Å². The Morgan fingerprint density at radius 1 is 1.04 bits per heavy atom. The fraction of sp³-hybridized carbons (Fsp3) is 0.435. The van der Waals surface area contributed by atoms with E-state index in [2.05, 4.69) is 23.5 Å². The van der Waals surface area contributed by atoms with Gasteiger partial charge in [-0.15, -0.1) is 0 Å². The van der Waals surface area contributed by atoms with E-state index in [-0.39, 0.29) is 18.7 Å². The zero-order chi connectivity index (χ0) is 19.7. The Balaban J connectivity index is 1.97. The number of aliphatic hydroxyl groups excluding tert-OH is 1. The first-order chi connectivity index (χ1) is 12.9. The lowest BCUT2D eigenvalue weighted by molar-refractivity contribution is 0.0501. The molecule has 0 bridgehead atoms. The number of carbonyl (C=O) groups excluding carboxylic acids is 1. The first-order valence-corrected chi connectivity index (χ1v) is 9.58. The van der Waals surface area contributed by atoms with E-state index in [1.807, 2.05) is 57.2 Å². The molecular weight excluding hydrogens is 338 g/mol. The van der Waals surface area contributed by atoms with Crippen molar-refractivity contribution in [3.05, 3.63) is 71.3 Å². The van der Waals surface area contributed by atoms with E-state index >= 15 is 0 Å².